The lowest BCUT2D eigenvalue weighted by Gasteiger charge is -2.35. The number of hydrogen-bond donors (Lipinski definition) is 1. The predicted molar refractivity (Wildman–Crippen MR) is 121 cm³/mol. The van der Waals surface area contributed by atoms with Crippen LogP contribution in [0.15, 0.2) is 43.2 Å². The van der Waals surface area contributed by atoms with Crippen molar-refractivity contribution in [1.29, 1.82) is 0 Å². The number of piperazine rings is 1. The number of rotatable bonds is 4. The number of carbonyl (C=O) groups is 1. The van der Waals surface area contributed by atoms with E-state index in [0.29, 0.717) is 53.8 Å². The largest absolute Gasteiger partial charge is 0.393 e. The Kier molecular flexibility index (Phi) is 6.11. The van der Waals surface area contributed by atoms with Crippen LogP contribution in [0.1, 0.15) is 5.56 Å². The lowest BCUT2D eigenvalue weighted by Crippen LogP contribution is -2.48. The van der Waals surface area contributed by atoms with Gasteiger partial charge in [-0.2, -0.15) is 13.2 Å². The maximum absolute atomic E-state index is 12.7. The summed E-state index contributed by atoms with van der Waals surface area (Å²) in [5.74, 6) is 0.381. The van der Waals surface area contributed by atoms with Gasteiger partial charge in [0, 0.05) is 42.7 Å². The molecule has 11 heteroatoms. The topological polar surface area (TPSA) is 88.2 Å². The van der Waals surface area contributed by atoms with Crippen molar-refractivity contribution in [1.82, 2.24) is 19.9 Å². The summed E-state index contributed by atoms with van der Waals surface area (Å²) in [5, 5.41) is 1.06. The van der Waals surface area contributed by atoms with E-state index in [9.17, 15) is 18.0 Å². The molecule has 1 fully saturated rings. The fourth-order valence-corrected chi connectivity index (χ4v) is 4.06. The number of hydrogen-bond acceptors (Lipinski definition) is 6. The van der Waals surface area contributed by atoms with Crippen LogP contribution >= 0.6 is 11.6 Å². The summed E-state index contributed by atoms with van der Waals surface area (Å²) in [4.78, 5) is 28.5. The van der Waals surface area contributed by atoms with Crippen molar-refractivity contribution >= 4 is 40.0 Å². The van der Waals surface area contributed by atoms with Crippen LogP contribution in [0.5, 0.6) is 0 Å². The number of halogens is 4. The van der Waals surface area contributed by atoms with Crippen molar-refractivity contribution in [3.8, 4) is 11.3 Å². The van der Waals surface area contributed by atoms with Crippen LogP contribution in [0, 0.1) is 0 Å². The molecule has 0 radical (unpaired) electrons. The minimum Gasteiger partial charge on any atom is -0.383 e. The minimum absolute atomic E-state index is 0.0955. The molecule has 0 bridgehead atoms. The second kappa shape index (κ2) is 8.86. The van der Waals surface area contributed by atoms with E-state index in [4.69, 9.17) is 17.3 Å². The Morgan fingerprint density at radius 2 is 1.91 bits per heavy atom. The molecule has 0 unspecified atom stereocenters. The molecule has 1 aliphatic rings. The Hall–Kier alpha value is -3.40. The van der Waals surface area contributed by atoms with Gasteiger partial charge in [0.2, 0.25) is 5.91 Å². The molecule has 0 aliphatic carbocycles. The molecule has 1 aliphatic heterocycles. The number of nitrogens with zero attached hydrogens (tertiary/aromatic N) is 5. The van der Waals surface area contributed by atoms with Crippen LogP contribution < -0.4 is 10.6 Å². The summed E-state index contributed by atoms with van der Waals surface area (Å²) in [5.41, 5.74) is 7.13. The van der Waals surface area contributed by atoms with E-state index in [1.165, 1.54) is 24.5 Å². The quantitative estimate of drug-likeness (QED) is 0.575. The zero-order valence-corrected chi connectivity index (χ0v) is 18.2. The third-order valence-corrected chi connectivity index (χ3v) is 5.76. The van der Waals surface area contributed by atoms with E-state index in [1.807, 2.05) is 0 Å². The second-order valence-corrected chi connectivity index (χ2v) is 8.00. The third kappa shape index (κ3) is 4.85. The van der Waals surface area contributed by atoms with E-state index in [-0.39, 0.29) is 17.3 Å². The first-order chi connectivity index (χ1) is 15.7. The lowest BCUT2D eigenvalue weighted by molar-refractivity contribution is -0.127. The number of aromatic nitrogens is 3. The molecule has 1 aromatic carbocycles. The molecule has 0 saturated carbocycles. The van der Waals surface area contributed by atoms with Gasteiger partial charge in [-0.25, -0.2) is 15.0 Å². The van der Waals surface area contributed by atoms with Crippen LogP contribution in [-0.4, -0.2) is 58.1 Å². The van der Waals surface area contributed by atoms with Gasteiger partial charge in [0.15, 0.2) is 0 Å². The summed E-state index contributed by atoms with van der Waals surface area (Å²) in [6.45, 7) is 5.77. The molecule has 2 N–H and O–H groups in total. The summed E-state index contributed by atoms with van der Waals surface area (Å²) in [6.07, 6.45) is -2.80. The summed E-state index contributed by atoms with van der Waals surface area (Å²) in [6, 6.07) is 6.19. The van der Waals surface area contributed by atoms with Crippen molar-refractivity contribution < 1.29 is 18.0 Å². The summed E-state index contributed by atoms with van der Waals surface area (Å²) in [7, 11) is 0. The number of nitrogen functional groups attached to an aromatic ring is 1. The maximum atomic E-state index is 12.7. The molecule has 3 heterocycles. The Morgan fingerprint density at radius 3 is 2.55 bits per heavy atom. The SMILES string of the molecule is C=CC(=O)N1CCN(c2ncnc3cc(-c4ccc(CC(F)(F)F)c(N)n4)c(Cl)cc23)CC1. The van der Waals surface area contributed by atoms with Crippen molar-refractivity contribution in [2.24, 2.45) is 0 Å². The first-order valence-electron chi connectivity index (χ1n) is 10.1. The van der Waals surface area contributed by atoms with Crippen molar-refractivity contribution in [3.05, 3.63) is 53.8 Å². The monoisotopic (exact) mass is 476 g/mol. The summed E-state index contributed by atoms with van der Waals surface area (Å²) >= 11 is 6.53. The molecular formula is C22H20ClF3N6O. The number of carbonyl (C=O) groups excluding carboxylic acids is 1. The Bertz CT molecular complexity index is 1220. The van der Waals surface area contributed by atoms with E-state index >= 15 is 0 Å². The smallest absolute Gasteiger partial charge is 0.383 e. The van der Waals surface area contributed by atoms with Gasteiger partial charge >= 0.3 is 6.18 Å². The summed E-state index contributed by atoms with van der Waals surface area (Å²) < 4.78 is 38.1. The molecule has 1 amide bonds. The average Bonchev–Trinajstić information content (AvgIpc) is 2.78. The standard InChI is InChI=1S/C22H20ClF3N6O/c1-2-19(33)31-5-7-32(8-6-31)21-15-9-16(23)14(10-18(15)28-12-29-21)17-4-3-13(20(27)30-17)11-22(24,25)26/h2-4,9-10,12H,1,5-8,11H2,(H2,27,30). The number of fused-ring (bicyclic) bond motifs is 1. The van der Waals surface area contributed by atoms with Gasteiger partial charge in [-0.05, 0) is 24.3 Å². The highest BCUT2D eigenvalue weighted by molar-refractivity contribution is 6.34. The van der Waals surface area contributed by atoms with Crippen LogP contribution in [0.3, 0.4) is 0 Å². The van der Waals surface area contributed by atoms with Crippen LogP contribution in [-0.2, 0) is 11.2 Å². The molecule has 33 heavy (non-hydrogen) atoms. The highest BCUT2D eigenvalue weighted by Crippen LogP contribution is 2.35. The van der Waals surface area contributed by atoms with Gasteiger partial charge in [-0.3, -0.25) is 4.79 Å². The normalized spacial score (nSPS) is 14.5. The average molecular weight is 477 g/mol. The van der Waals surface area contributed by atoms with Gasteiger partial charge in [-0.15, -0.1) is 0 Å². The highest BCUT2D eigenvalue weighted by atomic mass is 35.5. The third-order valence-electron chi connectivity index (χ3n) is 5.45. The maximum Gasteiger partial charge on any atom is 0.393 e. The van der Waals surface area contributed by atoms with Gasteiger partial charge in [0.05, 0.1) is 22.7 Å². The Balaban J connectivity index is 1.65. The fraction of sp³-hybridized carbons (Fsp3) is 0.273. The zero-order chi connectivity index (χ0) is 23.8. The number of benzene rings is 1. The molecular weight excluding hydrogens is 457 g/mol. The fourth-order valence-electron chi connectivity index (χ4n) is 3.80. The zero-order valence-electron chi connectivity index (χ0n) is 17.4. The molecule has 4 rings (SSSR count). The predicted octanol–water partition coefficient (Wildman–Crippen LogP) is 3.87. The van der Waals surface area contributed by atoms with Crippen LogP contribution in [0.25, 0.3) is 22.2 Å². The van der Waals surface area contributed by atoms with E-state index in [1.54, 1.807) is 17.0 Å². The number of nitrogens with two attached hydrogens (primary N) is 1. The van der Waals surface area contributed by atoms with Gasteiger partial charge in [0.1, 0.15) is 18.0 Å². The van der Waals surface area contributed by atoms with Crippen molar-refractivity contribution in [3.63, 3.8) is 0 Å². The molecule has 0 spiro atoms. The van der Waals surface area contributed by atoms with E-state index < -0.39 is 12.6 Å². The molecule has 7 nitrogen and oxygen atoms in total. The van der Waals surface area contributed by atoms with Crippen LogP contribution in [0.2, 0.25) is 5.02 Å². The molecule has 2 aromatic heterocycles. The first kappa shape index (κ1) is 22.8. The first-order valence-corrected chi connectivity index (χ1v) is 10.5. The number of pyridine rings is 1. The molecule has 172 valence electrons. The Morgan fingerprint density at radius 1 is 1.18 bits per heavy atom. The number of alkyl halides is 3. The van der Waals surface area contributed by atoms with E-state index in [2.05, 4.69) is 26.4 Å². The number of amides is 1. The van der Waals surface area contributed by atoms with Gasteiger partial charge < -0.3 is 15.5 Å². The van der Waals surface area contributed by atoms with Crippen molar-refractivity contribution in [2.75, 3.05) is 36.8 Å². The Labute approximate surface area is 192 Å². The molecule has 0 atom stereocenters. The molecule has 1 saturated heterocycles. The lowest BCUT2D eigenvalue weighted by atomic mass is 10.1. The van der Waals surface area contributed by atoms with Crippen molar-refractivity contribution in [2.45, 2.75) is 12.6 Å². The van der Waals surface area contributed by atoms with Gasteiger partial charge in [-0.1, -0.05) is 24.2 Å². The number of anilines is 2. The van der Waals surface area contributed by atoms with Gasteiger partial charge in [0.25, 0.3) is 0 Å². The van der Waals surface area contributed by atoms with E-state index in [0.717, 1.165) is 5.39 Å². The molecule has 3 aromatic rings. The second-order valence-electron chi connectivity index (χ2n) is 7.60. The highest BCUT2D eigenvalue weighted by Gasteiger charge is 2.29. The van der Waals surface area contributed by atoms with Crippen LogP contribution in [0.4, 0.5) is 24.8 Å². The minimum atomic E-state index is -4.38.